The van der Waals surface area contributed by atoms with Crippen LogP contribution in [0.2, 0.25) is 0 Å². The normalized spacial score (nSPS) is 16.9. The third kappa shape index (κ3) is 2.75. The van der Waals surface area contributed by atoms with Crippen LogP contribution in [-0.4, -0.2) is 26.0 Å². The molecule has 1 aliphatic heterocycles. The molecule has 0 aromatic heterocycles. The summed E-state index contributed by atoms with van der Waals surface area (Å²) in [5.41, 5.74) is 0.595. The van der Waals surface area contributed by atoms with Gasteiger partial charge in [0.2, 0.25) is 5.91 Å². The summed E-state index contributed by atoms with van der Waals surface area (Å²) in [6, 6.07) is 5.74. The Morgan fingerprint density at radius 2 is 2.00 bits per heavy atom. The number of thiocarbonyl (C=S) groups is 1. The lowest BCUT2D eigenvalue weighted by atomic mass is 10.2. The van der Waals surface area contributed by atoms with Gasteiger partial charge in [-0.25, -0.2) is 4.90 Å². The van der Waals surface area contributed by atoms with E-state index >= 15 is 0 Å². The number of rotatable bonds is 2. The summed E-state index contributed by atoms with van der Waals surface area (Å²) in [6.07, 6.45) is 1.55. The largest absolute Gasteiger partial charge is 0.274 e. The molecule has 0 spiro atoms. The van der Waals surface area contributed by atoms with Gasteiger partial charge in [0, 0.05) is 19.1 Å². The van der Waals surface area contributed by atoms with E-state index < -0.39 is 16.7 Å². The number of nitro benzene ring substituents is 1. The zero-order valence-corrected chi connectivity index (χ0v) is 11.9. The third-order valence-electron chi connectivity index (χ3n) is 2.51. The molecule has 1 aliphatic rings. The van der Waals surface area contributed by atoms with Gasteiger partial charge in [0.1, 0.15) is 0 Å². The summed E-state index contributed by atoms with van der Waals surface area (Å²) in [7, 11) is 0. The molecule has 0 unspecified atom stereocenters. The molecular weight excluding hydrogens is 300 g/mol. The first kappa shape index (κ1) is 14.4. The predicted octanol–water partition coefficient (Wildman–Crippen LogP) is 2.34. The molecule has 102 valence electrons. The standard InChI is InChI=1S/C12H8N2O4S2/c1-7(15)13-11(16)10(20-12(13)19)6-8-2-4-9(5-3-8)14(17)18/h2-6H,1H3/b10-6+. The van der Waals surface area contributed by atoms with Crippen LogP contribution in [0.3, 0.4) is 0 Å². The lowest BCUT2D eigenvalue weighted by Crippen LogP contribution is -2.32. The first-order valence-electron chi connectivity index (χ1n) is 5.43. The average molecular weight is 308 g/mol. The van der Waals surface area contributed by atoms with Crippen molar-refractivity contribution >= 4 is 51.9 Å². The smallest absolute Gasteiger partial charge is 0.273 e. The van der Waals surface area contributed by atoms with Crippen LogP contribution >= 0.6 is 24.0 Å². The van der Waals surface area contributed by atoms with Crippen molar-refractivity contribution in [3.05, 3.63) is 44.8 Å². The highest BCUT2D eigenvalue weighted by Gasteiger charge is 2.34. The summed E-state index contributed by atoms with van der Waals surface area (Å²) in [4.78, 5) is 34.5. The molecule has 2 amide bonds. The van der Waals surface area contributed by atoms with Gasteiger partial charge in [0.15, 0.2) is 4.32 Å². The number of carbonyl (C=O) groups excluding carboxylic acids is 2. The maximum Gasteiger partial charge on any atom is 0.273 e. The van der Waals surface area contributed by atoms with Crippen molar-refractivity contribution in [1.29, 1.82) is 0 Å². The molecule has 0 atom stereocenters. The number of carbonyl (C=O) groups is 2. The van der Waals surface area contributed by atoms with Gasteiger partial charge < -0.3 is 0 Å². The molecule has 1 fully saturated rings. The second kappa shape index (κ2) is 5.51. The van der Waals surface area contributed by atoms with E-state index in [9.17, 15) is 19.7 Å². The first-order chi connectivity index (χ1) is 9.40. The Balaban J connectivity index is 2.28. The van der Waals surface area contributed by atoms with E-state index in [2.05, 4.69) is 0 Å². The monoisotopic (exact) mass is 308 g/mol. The van der Waals surface area contributed by atoms with Crippen LogP contribution in [0.15, 0.2) is 29.2 Å². The van der Waals surface area contributed by atoms with Gasteiger partial charge in [-0.2, -0.15) is 0 Å². The topological polar surface area (TPSA) is 80.5 Å². The number of hydrogen-bond acceptors (Lipinski definition) is 6. The molecule has 0 radical (unpaired) electrons. The Morgan fingerprint density at radius 3 is 2.45 bits per heavy atom. The average Bonchev–Trinajstić information content (AvgIpc) is 2.65. The number of nitro groups is 1. The fourth-order valence-electron chi connectivity index (χ4n) is 1.58. The molecule has 1 heterocycles. The maximum absolute atomic E-state index is 12.0. The molecule has 0 N–H and O–H groups in total. The van der Waals surface area contributed by atoms with E-state index in [0.29, 0.717) is 10.5 Å². The van der Waals surface area contributed by atoms with Crippen molar-refractivity contribution in [3.8, 4) is 0 Å². The Kier molecular flexibility index (Phi) is 3.96. The zero-order valence-electron chi connectivity index (χ0n) is 10.2. The van der Waals surface area contributed by atoms with Crippen molar-refractivity contribution < 1.29 is 14.5 Å². The Labute approximate surface area is 123 Å². The summed E-state index contributed by atoms with van der Waals surface area (Å²) in [6.45, 7) is 1.26. The molecule has 2 rings (SSSR count). The summed E-state index contributed by atoms with van der Waals surface area (Å²) in [5, 5.41) is 10.5. The van der Waals surface area contributed by atoms with Crippen LogP contribution < -0.4 is 0 Å². The Morgan fingerprint density at radius 1 is 1.40 bits per heavy atom. The number of nitrogens with zero attached hydrogens (tertiary/aromatic N) is 2. The van der Waals surface area contributed by atoms with Crippen molar-refractivity contribution in [3.63, 3.8) is 0 Å². The number of benzene rings is 1. The predicted molar refractivity (Wildman–Crippen MR) is 78.8 cm³/mol. The molecule has 1 saturated heterocycles. The highest BCUT2D eigenvalue weighted by Crippen LogP contribution is 2.32. The van der Waals surface area contributed by atoms with E-state index in [0.717, 1.165) is 16.7 Å². The van der Waals surface area contributed by atoms with Crippen LogP contribution in [0, 0.1) is 10.1 Å². The van der Waals surface area contributed by atoms with Crippen LogP contribution in [0.1, 0.15) is 12.5 Å². The zero-order chi connectivity index (χ0) is 14.9. The molecule has 0 aliphatic carbocycles. The Hall–Kier alpha value is -2.06. The lowest BCUT2D eigenvalue weighted by molar-refractivity contribution is -0.384. The highest BCUT2D eigenvalue weighted by atomic mass is 32.2. The van der Waals surface area contributed by atoms with E-state index in [4.69, 9.17) is 12.2 Å². The van der Waals surface area contributed by atoms with Crippen LogP contribution in [0.25, 0.3) is 6.08 Å². The minimum atomic E-state index is -0.501. The van der Waals surface area contributed by atoms with Crippen molar-refractivity contribution in [2.75, 3.05) is 0 Å². The number of thioether (sulfide) groups is 1. The van der Waals surface area contributed by atoms with Crippen LogP contribution in [0.5, 0.6) is 0 Å². The highest BCUT2D eigenvalue weighted by molar-refractivity contribution is 8.26. The van der Waals surface area contributed by atoms with Crippen molar-refractivity contribution in [2.24, 2.45) is 0 Å². The van der Waals surface area contributed by atoms with Gasteiger partial charge in [0.05, 0.1) is 9.83 Å². The molecule has 6 nitrogen and oxygen atoms in total. The second-order valence-electron chi connectivity index (χ2n) is 3.88. The quantitative estimate of drug-likeness (QED) is 0.361. The fourth-order valence-corrected chi connectivity index (χ4v) is 2.93. The van der Waals surface area contributed by atoms with Gasteiger partial charge >= 0.3 is 0 Å². The summed E-state index contributed by atoms with van der Waals surface area (Å²) in [5.74, 6) is -0.898. The SMILES string of the molecule is CC(=O)N1C(=O)/C(=C\c2ccc([N+](=O)[O-])cc2)SC1=S. The number of imide groups is 1. The van der Waals surface area contributed by atoms with Gasteiger partial charge in [-0.3, -0.25) is 19.7 Å². The molecule has 0 bridgehead atoms. The van der Waals surface area contributed by atoms with Gasteiger partial charge in [-0.1, -0.05) is 24.0 Å². The number of amides is 2. The van der Waals surface area contributed by atoms with Crippen LogP contribution in [-0.2, 0) is 9.59 Å². The van der Waals surface area contributed by atoms with E-state index in [1.54, 1.807) is 6.08 Å². The summed E-state index contributed by atoms with van der Waals surface area (Å²) < 4.78 is 0.190. The van der Waals surface area contributed by atoms with Crippen LogP contribution in [0.4, 0.5) is 5.69 Å². The summed E-state index contributed by atoms with van der Waals surface area (Å²) >= 11 is 5.99. The second-order valence-corrected chi connectivity index (χ2v) is 5.56. The fraction of sp³-hybridized carbons (Fsp3) is 0.0833. The molecule has 8 heteroatoms. The van der Waals surface area contributed by atoms with E-state index in [-0.39, 0.29) is 10.0 Å². The number of hydrogen-bond donors (Lipinski definition) is 0. The van der Waals surface area contributed by atoms with Gasteiger partial charge in [0.25, 0.3) is 11.6 Å². The van der Waals surface area contributed by atoms with Gasteiger partial charge in [-0.05, 0) is 23.8 Å². The molecule has 1 aromatic carbocycles. The van der Waals surface area contributed by atoms with E-state index in [1.165, 1.54) is 31.2 Å². The van der Waals surface area contributed by atoms with Gasteiger partial charge in [-0.15, -0.1) is 0 Å². The minimum absolute atomic E-state index is 0.0292. The molecule has 20 heavy (non-hydrogen) atoms. The van der Waals surface area contributed by atoms with Crippen molar-refractivity contribution in [2.45, 2.75) is 6.92 Å². The lowest BCUT2D eigenvalue weighted by Gasteiger charge is -2.07. The van der Waals surface area contributed by atoms with E-state index in [1.807, 2.05) is 0 Å². The molecular formula is C12H8N2O4S2. The first-order valence-corrected chi connectivity index (χ1v) is 6.65. The Bertz CT molecular complexity index is 652. The maximum atomic E-state index is 12.0. The van der Waals surface area contributed by atoms with Crippen molar-refractivity contribution in [1.82, 2.24) is 4.90 Å². The number of non-ortho nitro benzene ring substituents is 1. The minimum Gasteiger partial charge on any atom is -0.274 e. The molecule has 0 saturated carbocycles. The third-order valence-corrected chi connectivity index (χ3v) is 3.81. The molecule has 1 aromatic rings.